The number of rotatable bonds is 6. The quantitative estimate of drug-likeness (QED) is 0.457. The van der Waals surface area contributed by atoms with Crippen LogP contribution in [-0.2, 0) is 25.7 Å². The van der Waals surface area contributed by atoms with Crippen LogP contribution in [0.25, 0.3) is 0 Å². The van der Waals surface area contributed by atoms with E-state index in [1.807, 2.05) is 0 Å². The van der Waals surface area contributed by atoms with Crippen LogP contribution in [0.1, 0.15) is 28.8 Å². The van der Waals surface area contributed by atoms with Gasteiger partial charge in [0.1, 0.15) is 12.6 Å². The summed E-state index contributed by atoms with van der Waals surface area (Å²) in [5, 5.41) is 4.96. The topological polar surface area (TPSA) is 131 Å². The lowest BCUT2D eigenvalue weighted by atomic mass is 10.0. The summed E-state index contributed by atoms with van der Waals surface area (Å²) in [7, 11) is 0. The molecule has 0 aromatic heterocycles. The van der Waals surface area contributed by atoms with Gasteiger partial charge in [0.25, 0.3) is 5.91 Å². The summed E-state index contributed by atoms with van der Waals surface area (Å²) in [6.07, 6.45) is 0.521. The molecule has 2 aliphatic rings. The maximum atomic E-state index is 12.6. The van der Waals surface area contributed by atoms with Crippen molar-refractivity contribution in [2.24, 2.45) is 5.73 Å². The van der Waals surface area contributed by atoms with Gasteiger partial charge in [0, 0.05) is 30.8 Å². The molecule has 1 atom stereocenters. The predicted molar refractivity (Wildman–Crippen MR) is 91.0 cm³/mol. The van der Waals surface area contributed by atoms with Gasteiger partial charge in [-0.3, -0.25) is 24.5 Å². The molecule has 1 unspecified atom stereocenters. The number of anilines is 1. The lowest BCUT2D eigenvalue weighted by Gasteiger charge is -2.29. The van der Waals surface area contributed by atoms with E-state index in [2.05, 4.69) is 10.6 Å². The van der Waals surface area contributed by atoms with Crippen molar-refractivity contribution < 1.29 is 23.9 Å². The van der Waals surface area contributed by atoms with E-state index < -0.39 is 11.9 Å². The van der Waals surface area contributed by atoms with Crippen molar-refractivity contribution >= 4 is 29.3 Å². The van der Waals surface area contributed by atoms with Crippen LogP contribution in [0.2, 0.25) is 0 Å². The van der Waals surface area contributed by atoms with Gasteiger partial charge in [0.2, 0.25) is 17.7 Å². The zero-order chi connectivity index (χ0) is 18.7. The summed E-state index contributed by atoms with van der Waals surface area (Å²) in [6, 6.07) is 4.31. The number of benzene rings is 1. The van der Waals surface area contributed by atoms with Crippen molar-refractivity contribution in [2.45, 2.75) is 25.4 Å². The number of nitrogens with zero attached hydrogens (tertiary/aromatic N) is 1. The highest BCUT2D eigenvalue weighted by atomic mass is 16.5. The molecule has 9 heteroatoms. The van der Waals surface area contributed by atoms with Crippen LogP contribution in [0.3, 0.4) is 0 Å². The van der Waals surface area contributed by atoms with Crippen LogP contribution >= 0.6 is 0 Å². The number of carbonyl (C=O) groups excluding carboxylic acids is 4. The molecule has 26 heavy (non-hydrogen) atoms. The molecule has 4 amide bonds. The van der Waals surface area contributed by atoms with Gasteiger partial charge in [-0.2, -0.15) is 0 Å². The van der Waals surface area contributed by atoms with Crippen molar-refractivity contribution in [2.75, 3.05) is 25.1 Å². The Bertz CT molecular complexity index is 764. The third-order valence-corrected chi connectivity index (χ3v) is 4.30. The fourth-order valence-electron chi connectivity index (χ4n) is 3.10. The van der Waals surface area contributed by atoms with E-state index in [9.17, 15) is 19.2 Å². The van der Waals surface area contributed by atoms with Crippen LogP contribution < -0.4 is 16.4 Å². The molecule has 1 aromatic rings. The van der Waals surface area contributed by atoms with Crippen molar-refractivity contribution in [1.29, 1.82) is 0 Å². The summed E-state index contributed by atoms with van der Waals surface area (Å²) in [4.78, 5) is 49.1. The number of hydrogen-bond acceptors (Lipinski definition) is 6. The molecule has 0 spiro atoms. The van der Waals surface area contributed by atoms with E-state index in [0.29, 0.717) is 30.8 Å². The van der Waals surface area contributed by atoms with Gasteiger partial charge in [0.05, 0.1) is 6.61 Å². The molecule has 138 valence electrons. The Morgan fingerprint density at radius 2 is 2.15 bits per heavy atom. The maximum Gasteiger partial charge on any atom is 0.255 e. The average Bonchev–Trinajstić information content (AvgIpc) is 2.91. The van der Waals surface area contributed by atoms with Gasteiger partial charge in [-0.15, -0.1) is 0 Å². The summed E-state index contributed by atoms with van der Waals surface area (Å²) in [6.45, 7) is 0.793. The van der Waals surface area contributed by atoms with E-state index >= 15 is 0 Å². The van der Waals surface area contributed by atoms with Gasteiger partial charge >= 0.3 is 0 Å². The second-order valence-corrected chi connectivity index (χ2v) is 6.16. The SMILES string of the molecule is NCCOCC(=O)Nc1ccc2c(c1)CN(C1CCC(=O)NC1=O)C2=O. The highest BCUT2D eigenvalue weighted by Crippen LogP contribution is 2.29. The van der Waals surface area contributed by atoms with E-state index in [0.717, 1.165) is 5.56 Å². The maximum absolute atomic E-state index is 12.6. The highest BCUT2D eigenvalue weighted by Gasteiger charge is 2.39. The molecule has 0 aliphatic carbocycles. The predicted octanol–water partition coefficient (Wildman–Crippen LogP) is -0.639. The smallest absolute Gasteiger partial charge is 0.255 e. The molecule has 9 nitrogen and oxygen atoms in total. The highest BCUT2D eigenvalue weighted by molar-refractivity contribution is 6.05. The summed E-state index contributed by atoms with van der Waals surface area (Å²) in [5.74, 6) is -1.34. The van der Waals surface area contributed by atoms with Crippen molar-refractivity contribution in [1.82, 2.24) is 10.2 Å². The molecule has 2 aliphatic heterocycles. The second-order valence-electron chi connectivity index (χ2n) is 6.16. The van der Waals surface area contributed by atoms with E-state index in [4.69, 9.17) is 10.5 Å². The monoisotopic (exact) mass is 360 g/mol. The van der Waals surface area contributed by atoms with Gasteiger partial charge in [0.15, 0.2) is 0 Å². The normalized spacial score (nSPS) is 19.3. The Hall–Kier alpha value is -2.78. The number of carbonyl (C=O) groups is 4. The number of imide groups is 1. The molecule has 3 rings (SSSR count). The fraction of sp³-hybridized carbons (Fsp3) is 0.412. The lowest BCUT2D eigenvalue weighted by Crippen LogP contribution is -2.52. The number of nitrogens with one attached hydrogen (secondary N) is 2. The zero-order valence-corrected chi connectivity index (χ0v) is 14.1. The number of nitrogens with two attached hydrogens (primary N) is 1. The Morgan fingerprint density at radius 1 is 1.35 bits per heavy atom. The van der Waals surface area contributed by atoms with Crippen molar-refractivity contribution in [3.05, 3.63) is 29.3 Å². The van der Waals surface area contributed by atoms with Crippen molar-refractivity contribution in [3.8, 4) is 0 Å². The minimum Gasteiger partial charge on any atom is -0.370 e. The first kappa shape index (κ1) is 18.0. The molecule has 0 saturated carbocycles. The summed E-state index contributed by atoms with van der Waals surface area (Å²) in [5.41, 5.74) is 7.05. The van der Waals surface area contributed by atoms with Crippen LogP contribution in [-0.4, -0.2) is 54.3 Å². The minimum atomic E-state index is -0.657. The van der Waals surface area contributed by atoms with Gasteiger partial charge in [-0.05, 0) is 30.2 Å². The Labute approximate surface area is 149 Å². The number of hydrogen-bond donors (Lipinski definition) is 3. The standard InChI is InChI=1S/C17H20N4O5/c18-5-6-26-9-15(23)19-11-1-2-12-10(7-11)8-21(17(12)25)13-3-4-14(22)20-16(13)24/h1-2,7,13H,3-6,8-9,18H2,(H,19,23)(H,20,22,24). The first-order valence-corrected chi connectivity index (χ1v) is 8.35. The molecule has 1 aromatic carbocycles. The molecule has 1 saturated heterocycles. The molecule has 2 heterocycles. The average molecular weight is 360 g/mol. The number of fused-ring (bicyclic) bond motifs is 1. The van der Waals surface area contributed by atoms with Crippen LogP contribution in [0.4, 0.5) is 5.69 Å². The molecule has 4 N–H and O–H groups in total. The third kappa shape index (κ3) is 3.73. The third-order valence-electron chi connectivity index (χ3n) is 4.30. The molecule has 0 bridgehead atoms. The largest absolute Gasteiger partial charge is 0.370 e. The van der Waals surface area contributed by atoms with E-state index in [1.54, 1.807) is 18.2 Å². The van der Waals surface area contributed by atoms with Gasteiger partial charge < -0.3 is 20.7 Å². The Balaban J connectivity index is 1.67. The molecule has 1 fully saturated rings. The number of amides is 4. The van der Waals surface area contributed by atoms with Crippen molar-refractivity contribution in [3.63, 3.8) is 0 Å². The van der Waals surface area contributed by atoms with Crippen LogP contribution in [0.15, 0.2) is 18.2 Å². The number of ether oxygens (including phenoxy) is 1. The molecule has 0 radical (unpaired) electrons. The summed E-state index contributed by atoms with van der Waals surface area (Å²) >= 11 is 0. The molecular weight excluding hydrogens is 340 g/mol. The Morgan fingerprint density at radius 3 is 2.88 bits per heavy atom. The van der Waals surface area contributed by atoms with E-state index in [-0.39, 0.29) is 37.3 Å². The van der Waals surface area contributed by atoms with Crippen LogP contribution in [0.5, 0.6) is 0 Å². The summed E-state index contributed by atoms with van der Waals surface area (Å²) < 4.78 is 5.07. The Kier molecular flexibility index (Phi) is 5.29. The first-order valence-electron chi connectivity index (χ1n) is 8.35. The second kappa shape index (κ2) is 7.63. The van der Waals surface area contributed by atoms with Gasteiger partial charge in [-0.25, -0.2) is 0 Å². The lowest BCUT2D eigenvalue weighted by molar-refractivity contribution is -0.137. The van der Waals surface area contributed by atoms with Crippen LogP contribution in [0, 0.1) is 0 Å². The zero-order valence-electron chi connectivity index (χ0n) is 14.1. The number of piperidine rings is 1. The fourth-order valence-corrected chi connectivity index (χ4v) is 3.10. The van der Waals surface area contributed by atoms with E-state index in [1.165, 1.54) is 4.90 Å². The molecular formula is C17H20N4O5. The van der Waals surface area contributed by atoms with Gasteiger partial charge in [-0.1, -0.05) is 0 Å². The minimum absolute atomic E-state index is 0.102. The first-order chi connectivity index (χ1) is 12.5.